The van der Waals surface area contributed by atoms with Gasteiger partial charge in [-0.15, -0.1) is 0 Å². The van der Waals surface area contributed by atoms with E-state index >= 15 is 0 Å². The predicted molar refractivity (Wildman–Crippen MR) is 80.1 cm³/mol. The fourth-order valence-corrected chi connectivity index (χ4v) is 1.92. The molecule has 0 spiro atoms. The van der Waals surface area contributed by atoms with Gasteiger partial charge in [0.1, 0.15) is 0 Å². The molecule has 0 unspecified atom stereocenters. The Labute approximate surface area is 129 Å². The van der Waals surface area contributed by atoms with Gasteiger partial charge in [-0.1, -0.05) is 6.08 Å². The van der Waals surface area contributed by atoms with E-state index in [0.29, 0.717) is 11.0 Å². The molecule has 0 aliphatic carbocycles. The molecule has 1 fully saturated rings. The molecule has 1 aromatic rings. The first-order valence-electron chi connectivity index (χ1n) is 6.88. The van der Waals surface area contributed by atoms with Gasteiger partial charge in [-0.25, -0.2) is 14.8 Å². The van der Waals surface area contributed by atoms with Crippen molar-refractivity contribution >= 4 is 19.2 Å². The molecule has 1 aliphatic heterocycles. The summed E-state index contributed by atoms with van der Waals surface area (Å²) >= 11 is 0. The monoisotopic (exact) mass is 306 g/mol. The SMILES string of the molecule is CC1(C)OB(C(=Cc2cnc(C(=O)O)nc2)CO)OC1(C)C. The highest BCUT2D eigenvalue weighted by molar-refractivity contribution is 6.55. The quantitative estimate of drug-likeness (QED) is 0.805. The van der Waals surface area contributed by atoms with Gasteiger partial charge >= 0.3 is 13.1 Å². The molecule has 1 saturated heterocycles. The van der Waals surface area contributed by atoms with Crippen LogP contribution in [0.25, 0.3) is 6.08 Å². The Bertz CT molecular complexity index is 582. The van der Waals surface area contributed by atoms with E-state index < -0.39 is 24.3 Å². The molecule has 0 amide bonds. The number of aromatic carboxylic acids is 1. The van der Waals surface area contributed by atoms with Crippen LogP contribution in [0.5, 0.6) is 0 Å². The summed E-state index contributed by atoms with van der Waals surface area (Å²) in [5.74, 6) is -1.47. The highest BCUT2D eigenvalue weighted by Crippen LogP contribution is 2.38. The lowest BCUT2D eigenvalue weighted by Crippen LogP contribution is -2.41. The molecule has 118 valence electrons. The summed E-state index contributed by atoms with van der Waals surface area (Å²) in [7, 11) is -0.672. The number of rotatable bonds is 4. The molecule has 2 heterocycles. The van der Waals surface area contributed by atoms with Gasteiger partial charge in [0.15, 0.2) is 0 Å². The average Bonchev–Trinajstić information content (AvgIpc) is 2.65. The van der Waals surface area contributed by atoms with Crippen molar-refractivity contribution in [3.63, 3.8) is 0 Å². The van der Waals surface area contributed by atoms with Crippen molar-refractivity contribution in [2.24, 2.45) is 0 Å². The second-order valence-electron chi connectivity index (χ2n) is 6.11. The molecule has 0 aromatic carbocycles. The van der Waals surface area contributed by atoms with Crippen molar-refractivity contribution in [2.45, 2.75) is 38.9 Å². The average molecular weight is 306 g/mol. The Morgan fingerprint density at radius 3 is 2.14 bits per heavy atom. The summed E-state index contributed by atoms with van der Waals surface area (Å²) in [6.07, 6.45) is 4.38. The summed E-state index contributed by atoms with van der Waals surface area (Å²) < 4.78 is 11.7. The van der Waals surface area contributed by atoms with Crippen molar-refractivity contribution in [3.05, 3.63) is 29.3 Å². The Balaban J connectivity index is 2.23. The van der Waals surface area contributed by atoms with Crippen LogP contribution in [0.15, 0.2) is 17.9 Å². The lowest BCUT2D eigenvalue weighted by Gasteiger charge is -2.32. The molecule has 1 aliphatic rings. The van der Waals surface area contributed by atoms with Gasteiger partial charge in [0, 0.05) is 18.0 Å². The molecule has 2 rings (SSSR count). The van der Waals surface area contributed by atoms with Gasteiger partial charge in [0.2, 0.25) is 5.82 Å². The molecule has 22 heavy (non-hydrogen) atoms. The van der Waals surface area contributed by atoms with E-state index in [1.165, 1.54) is 12.4 Å². The maximum atomic E-state index is 10.7. The third kappa shape index (κ3) is 3.19. The summed E-state index contributed by atoms with van der Waals surface area (Å²) in [6.45, 7) is 7.44. The fourth-order valence-electron chi connectivity index (χ4n) is 1.92. The zero-order chi connectivity index (χ0) is 16.5. The van der Waals surface area contributed by atoms with Crippen molar-refractivity contribution in [1.29, 1.82) is 0 Å². The van der Waals surface area contributed by atoms with Crippen LogP contribution in [0.1, 0.15) is 43.9 Å². The van der Waals surface area contributed by atoms with E-state index in [1.807, 2.05) is 27.7 Å². The highest BCUT2D eigenvalue weighted by Gasteiger charge is 2.52. The van der Waals surface area contributed by atoms with Crippen molar-refractivity contribution in [2.75, 3.05) is 6.61 Å². The number of nitrogens with zero attached hydrogens (tertiary/aromatic N) is 2. The standard InChI is InChI=1S/C14H19BN2O5/c1-13(2)14(3,4)22-15(21-13)10(8-18)5-9-6-16-11(12(19)20)17-7-9/h5-7,18H,8H2,1-4H3,(H,19,20). The normalized spacial score (nSPS) is 20.2. The summed E-state index contributed by atoms with van der Waals surface area (Å²) in [5, 5.41) is 18.3. The lowest BCUT2D eigenvalue weighted by molar-refractivity contribution is 0.00578. The molecule has 7 nitrogen and oxygen atoms in total. The minimum atomic E-state index is -1.19. The van der Waals surface area contributed by atoms with Gasteiger partial charge in [-0.2, -0.15) is 0 Å². The molecular weight excluding hydrogens is 287 g/mol. The van der Waals surface area contributed by atoms with Crippen molar-refractivity contribution in [1.82, 2.24) is 9.97 Å². The Hall–Kier alpha value is -1.77. The van der Waals surface area contributed by atoms with Crippen LogP contribution in [0.2, 0.25) is 0 Å². The number of aliphatic hydroxyl groups is 1. The molecular formula is C14H19BN2O5. The number of carboxylic acid groups (broad SMARTS) is 1. The van der Waals surface area contributed by atoms with Crippen LogP contribution in [-0.4, -0.2) is 51.1 Å². The summed E-state index contributed by atoms with van der Waals surface area (Å²) in [5.41, 5.74) is 0.0691. The zero-order valence-corrected chi connectivity index (χ0v) is 13.0. The number of aromatic nitrogens is 2. The van der Waals surface area contributed by atoms with Crippen LogP contribution in [0.3, 0.4) is 0 Å². The molecule has 2 N–H and O–H groups in total. The Morgan fingerprint density at radius 2 is 1.73 bits per heavy atom. The lowest BCUT2D eigenvalue weighted by atomic mass is 9.78. The van der Waals surface area contributed by atoms with Gasteiger partial charge < -0.3 is 19.5 Å². The first-order valence-corrected chi connectivity index (χ1v) is 6.88. The van der Waals surface area contributed by atoms with Gasteiger partial charge in [0.25, 0.3) is 0 Å². The molecule has 8 heteroatoms. The van der Waals surface area contributed by atoms with Crippen molar-refractivity contribution in [3.8, 4) is 0 Å². The zero-order valence-electron chi connectivity index (χ0n) is 13.0. The Kier molecular flexibility index (Phi) is 4.37. The van der Waals surface area contributed by atoms with Crippen molar-refractivity contribution < 1.29 is 24.3 Å². The van der Waals surface area contributed by atoms with Crippen LogP contribution in [-0.2, 0) is 9.31 Å². The fraction of sp³-hybridized carbons (Fsp3) is 0.500. The van der Waals surface area contributed by atoms with E-state index in [0.717, 1.165) is 0 Å². The minimum absolute atomic E-state index is 0.252. The largest absolute Gasteiger partial charge is 0.492 e. The van der Waals surface area contributed by atoms with E-state index in [4.69, 9.17) is 14.4 Å². The maximum Gasteiger partial charge on any atom is 0.492 e. The molecule has 0 atom stereocenters. The van der Waals surface area contributed by atoms with Crippen LogP contribution in [0.4, 0.5) is 0 Å². The predicted octanol–water partition coefficient (Wildman–Crippen LogP) is 1.18. The third-order valence-corrected chi connectivity index (χ3v) is 3.95. The van der Waals surface area contributed by atoms with Gasteiger partial charge in [-0.05, 0) is 33.2 Å². The van der Waals surface area contributed by atoms with E-state index in [9.17, 15) is 9.90 Å². The molecule has 1 aromatic heterocycles. The van der Waals surface area contributed by atoms with Crippen LogP contribution < -0.4 is 0 Å². The second-order valence-corrected chi connectivity index (χ2v) is 6.11. The number of hydrogen-bond donors (Lipinski definition) is 2. The number of hydrogen-bond acceptors (Lipinski definition) is 6. The summed E-state index contributed by atoms with van der Waals surface area (Å²) in [4.78, 5) is 18.2. The van der Waals surface area contributed by atoms with Gasteiger partial charge in [0.05, 0.1) is 17.8 Å². The highest BCUT2D eigenvalue weighted by atomic mass is 16.7. The van der Waals surface area contributed by atoms with Gasteiger partial charge in [-0.3, -0.25) is 0 Å². The number of aliphatic hydroxyl groups excluding tert-OH is 1. The first-order chi connectivity index (χ1) is 10.2. The van der Waals surface area contributed by atoms with Crippen LogP contribution in [0, 0.1) is 0 Å². The number of carbonyl (C=O) groups is 1. The number of carboxylic acids is 1. The molecule has 0 radical (unpaired) electrons. The maximum absolute atomic E-state index is 10.7. The van der Waals surface area contributed by atoms with E-state index in [-0.39, 0.29) is 12.4 Å². The van der Waals surface area contributed by atoms with E-state index in [2.05, 4.69) is 9.97 Å². The smallest absolute Gasteiger partial charge is 0.475 e. The topological polar surface area (TPSA) is 102 Å². The summed E-state index contributed by atoms with van der Waals surface area (Å²) in [6, 6.07) is 0. The second kappa shape index (κ2) is 5.79. The molecule has 0 saturated carbocycles. The third-order valence-electron chi connectivity index (χ3n) is 3.95. The molecule has 0 bridgehead atoms. The van der Waals surface area contributed by atoms with E-state index in [1.54, 1.807) is 6.08 Å². The Morgan fingerprint density at radius 1 is 1.23 bits per heavy atom. The first kappa shape index (κ1) is 16.6. The van der Waals surface area contributed by atoms with Crippen LogP contribution >= 0.6 is 0 Å². The minimum Gasteiger partial charge on any atom is -0.475 e.